The van der Waals surface area contributed by atoms with Crippen molar-refractivity contribution in [3.63, 3.8) is 0 Å². The van der Waals surface area contributed by atoms with Crippen molar-refractivity contribution < 1.29 is 9.18 Å². The number of hydrogen-bond donors (Lipinski definition) is 0. The lowest BCUT2D eigenvalue weighted by Gasteiger charge is -2.43. The first-order chi connectivity index (χ1) is 10.5. The average Bonchev–Trinajstić information content (AvgIpc) is 2.48. The molecule has 0 unspecified atom stereocenters. The van der Waals surface area contributed by atoms with Crippen molar-refractivity contribution in [2.45, 2.75) is 24.7 Å². The van der Waals surface area contributed by atoms with Gasteiger partial charge in [0.2, 0.25) is 5.91 Å². The molecule has 1 saturated carbocycles. The van der Waals surface area contributed by atoms with Crippen LogP contribution in [0, 0.1) is 5.82 Å². The Morgan fingerprint density at radius 3 is 2.32 bits per heavy atom. The highest BCUT2D eigenvalue weighted by atomic mass is 35.5. The topological polar surface area (TPSA) is 20.3 Å². The molecule has 2 aromatic carbocycles. The summed E-state index contributed by atoms with van der Waals surface area (Å²) in [6.07, 6.45) is 2.57. The molecule has 0 aromatic heterocycles. The van der Waals surface area contributed by atoms with Crippen molar-refractivity contribution in [3.05, 3.63) is 64.9 Å². The molecule has 1 aliphatic carbocycles. The number of carbonyl (C=O) groups excluding carboxylic acids is 1. The Balaban J connectivity index is 1.95. The minimum atomic E-state index is -0.554. The van der Waals surface area contributed by atoms with Crippen molar-refractivity contribution in [1.29, 1.82) is 0 Å². The molecule has 2 nitrogen and oxygen atoms in total. The van der Waals surface area contributed by atoms with E-state index in [1.54, 1.807) is 37.4 Å². The van der Waals surface area contributed by atoms with Crippen LogP contribution in [0.5, 0.6) is 0 Å². The van der Waals surface area contributed by atoms with Crippen LogP contribution in [0.2, 0.25) is 5.02 Å². The van der Waals surface area contributed by atoms with E-state index in [0.717, 1.165) is 24.8 Å². The summed E-state index contributed by atoms with van der Waals surface area (Å²) in [5.74, 6) is -0.449. The molecule has 0 heterocycles. The van der Waals surface area contributed by atoms with Crippen molar-refractivity contribution in [2.75, 3.05) is 11.9 Å². The first-order valence-corrected chi connectivity index (χ1v) is 7.71. The lowest BCUT2D eigenvalue weighted by Crippen LogP contribution is -2.50. The fourth-order valence-electron chi connectivity index (χ4n) is 3.08. The molecule has 0 bridgehead atoms. The molecule has 4 heteroatoms. The number of anilines is 1. The predicted molar refractivity (Wildman–Crippen MR) is 86.8 cm³/mol. The third-order valence-corrected chi connectivity index (χ3v) is 4.78. The van der Waals surface area contributed by atoms with Gasteiger partial charge in [-0.3, -0.25) is 4.79 Å². The molecule has 0 atom stereocenters. The Morgan fingerprint density at radius 1 is 1.14 bits per heavy atom. The zero-order valence-electron chi connectivity index (χ0n) is 12.4. The van der Waals surface area contributed by atoms with Crippen molar-refractivity contribution >= 4 is 23.2 Å². The fourth-order valence-corrected chi connectivity index (χ4v) is 3.21. The monoisotopic (exact) mass is 317 g/mol. The van der Waals surface area contributed by atoms with Gasteiger partial charge in [0.15, 0.2) is 0 Å². The smallest absolute Gasteiger partial charge is 0.237 e. The van der Waals surface area contributed by atoms with E-state index in [-0.39, 0.29) is 11.7 Å². The van der Waals surface area contributed by atoms with Crippen molar-refractivity contribution in [1.82, 2.24) is 0 Å². The van der Waals surface area contributed by atoms with Gasteiger partial charge in [-0.15, -0.1) is 0 Å². The quantitative estimate of drug-likeness (QED) is 0.812. The summed E-state index contributed by atoms with van der Waals surface area (Å²) in [6.45, 7) is 0. The molecule has 1 fully saturated rings. The van der Waals surface area contributed by atoms with Gasteiger partial charge >= 0.3 is 0 Å². The first-order valence-electron chi connectivity index (χ1n) is 7.33. The lowest BCUT2D eigenvalue weighted by atomic mass is 9.63. The number of carbonyl (C=O) groups is 1. The van der Waals surface area contributed by atoms with E-state index in [9.17, 15) is 9.18 Å². The number of nitrogens with zero attached hydrogens (tertiary/aromatic N) is 1. The number of benzene rings is 2. The van der Waals surface area contributed by atoms with Gasteiger partial charge in [-0.2, -0.15) is 0 Å². The zero-order chi connectivity index (χ0) is 15.7. The van der Waals surface area contributed by atoms with Crippen LogP contribution in [0.4, 0.5) is 10.1 Å². The van der Waals surface area contributed by atoms with Crippen molar-refractivity contribution in [2.24, 2.45) is 0 Å². The van der Waals surface area contributed by atoms with Crippen LogP contribution in [-0.4, -0.2) is 13.0 Å². The molecule has 0 aliphatic heterocycles. The second-order valence-corrected chi connectivity index (χ2v) is 6.19. The van der Waals surface area contributed by atoms with Gasteiger partial charge in [0.1, 0.15) is 5.82 Å². The van der Waals surface area contributed by atoms with Crippen LogP contribution >= 0.6 is 11.6 Å². The Labute approximate surface area is 134 Å². The summed E-state index contributed by atoms with van der Waals surface area (Å²) in [5.41, 5.74) is 0.714. The largest absolute Gasteiger partial charge is 0.312 e. The Kier molecular flexibility index (Phi) is 3.92. The minimum absolute atomic E-state index is 0.0637. The number of rotatable bonds is 3. The van der Waals surface area contributed by atoms with E-state index in [1.807, 2.05) is 12.1 Å². The maximum absolute atomic E-state index is 14.0. The molecule has 22 heavy (non-hydrogen) atoms. The summed E-state index contributed by atoms with van der Waals surface area (Å²) in [5, 5.41) is 0.646. The predicted octanol–water partition coefficient (Wildman–Crippen LogP) is 4.56. The molecule has 114 valence electrons. The van der Waals surface area contributed by atoms with Crippen LogP contribution < -0.4 is 4.90 Å². The van der Waals surface area contributed by atoms with Crippen LogP contribution in [0.15, 0.2) is 48.5 Å². The lowest BCUT2D eigenvalue weighted by molar-refractivity contribution is -0.126. The van der Waals surface area contributed by atoms with Gasteiger partial charge in [0.25, 0.3) is 0 Å². The molecule has 0 spiro atoms. The maximum atomic E-state index is 14.0. The highest BCUT2D eigenvalue weighted by molar-refractivity contribution is 6.30. The SMILES string of the molecule is CN(C(=O)C1(c2ccc(Cl)cc2)CCC1)c1ccccc1F. The third-order valence-electron chi connectivity index (χ3n) is 4.53. The number of amides is 1. The van der Waals surface area contributed by atoms with E-state index < -0.39 is 5.41 Å². The van der Waals surface area contributed by atoms with Gasteiger partial charge in [0.05, 0.1) is 11.1 Å². The number of likely N-dealkylation sites (N-methyl/N-ethyl adjacent to an activating group) is 1. The minimum Gasteiger partial charge on any atom is -0.312 e. The van der Waals surface area contributed by atoms with E-state index >= 15 is 0 Å². The first kappa shape index (κ1) is 15.0. The van der Waals surface area contributed by atoms with Gasteiger partial charge < -0.3 is 4.90 Å². The van der Waals surface area contributed by atoms with Gasteiger partial charge in [-0.25, -0.2) is 4.39 Å². The van der Waals surface area contributed by atoms with E-state index in [4.69, 9.17) is 11.6 Å². The normalized spacial score (nSPS) is 16.0. The molecular weight excluding hydrogens is 301 g/mol. The maximum Gasteiger partial charge on any atom is 0.237 e. The highest BCUT2D eigenvalue weighted by Gasteiger charge is 2.47. The van der Waals surface area contributed by atoms with Crippen LogP contribution in [0.1, 0.15) is 24.8 Å². The standard InChI is InChI=1S/C18H17ClFNO/c1-21(16-6-3-2-5-15(16)20)17(22)18(11-4-12-18)13-7-9-14(19)10-8-13/h2-3,5-10H,4,11-12H2,1H3. The fraction of sp³-hybridized carbons (Fsp3) is 0.278. The van der Waals surface area contributed by atoms with E-state index in [0.29, 0.717) is 10.7 Å². The summed E-state index contributed by atoms with van der Waals surface area (Å²) in [6, 6.07) is 13.7. The summed E-state index contributed by atoms with van der Waals surface area (Å²) >= 11 is 5.94. The number of halogens is 2. The average molecular weight is 318 g/mol. The van der Waals surface area contributed by atoms with E-state index in [1.165, 1.54) is 11.0 Å². The molecule has 0 saturated heterocycles. The highest BCUT2D eigenvalue weighted by Crippen LogP contribution is 2.46. The second-order valence-electron chi connectivity index (χ2n) is 5.76. The van der Waals surface area contributed by atoms with Crippen LogP contribution in [0.3, 0.4) is 0 Å². The van der Waals surface area contributed by atoms with Gasteiger partial charge in [-0.05, 0) is 42.7 Å². The van der Waals surface area contributed by atoms with Crippen LogP contribution in [0.25, 0.3) is 0 Å². The Hall–Kier alpha value is -1.87. The second kappa shape index (κ2) is 5.73. The molecule has 1 aliphatic rings. The van der Waals surface area contributed by atoms with E-state index in [2.05, 4.69) is 0 Å². The Bertz CT molecular complexity index is 694. The van der Waals surface area contributed by atoms with Gasteiger partial charge in [-0.1, -0.05) is 42.3 Å². The molecule has 3 rings (SSSR count). The van der Waals surface area contributed by atoms with Crippen molar-refractivity contribution in [3.8, 4) is 0 Å². The molecule has 0 N–H and O–H groups in total. The van der Waals surface area contributed by atoms with Gasteiger partial charge in [0, 0.05) is 12.1 Å². The zero-order valence-corrected chi connectivity index (χ0v) is 13.1. The molecule has 1 amide bonds. The molecular formula is C18H17ClFNO. The summed E-state index contributed by atoms with van der Waals surface area (Å²) < 4.78 is 14.0. The number of para-hydroxylation sites is 1. The molecule has 2 aromatic rings. The van der Waals surface area contributed by atoms with Crippen LogP contribution in [-0.2, 0) is 10.2 Å². The Morgan fingerprint density at radius 2 is 1.77 bits per heavy atom. The molecule has 0 radical (unpaired) electrons. The number of hydrogen-bond acceptors (Lipinski definition) is 1. The third kappa shape index (κ3) is 2.40. The summed E-state index contributed by atoms with van der Waals surface area (Å²) in [4.78, 5) is 14.4. The summed E-state index contributed by atoms with van der Waals surface area (Å²) in [7, 11) is 1.64.